The second-order valence-corrected chi connectivity index (χ2v) is 8.00. The van der Waals surface area contributed by atoms with Crippen LogP contribution in [-0.2, 0) is 11.0 Å². The molecule has 1 aliphatic rings. The van der Waals surface area contributed by atoms with Crippen molar-refractivity contribution >= 4 is 11.7 Å². The van der Waals surface area contributed by atoms with Crippen LogP contribution in [0.1, 0.15) is 53.7 Å². The van der Waals surface area contributed by atoms with Gasteiger partial charge in [0.1, 0.15) is 11.5 Å². The quantitative estimate of drug-likeness (QED) is 0.550. The van der Waals surface area contributed by atoms with Gasteiger partial charge in [-0.15, -0.1) is 5.06 Å². The summed E-state index contributed by atoms with van der Waals surface area (Å²) >= 11 is 0. The van der Waals surface area contributed by atoms with Crippen molar-refractivity contribution in [1.82, 2.24) is 10.4 Å². The zero-order valence-electron chi connectivity index (χ0n) is 19.0. The number of likely N-dealkylation sites (N-methyl/N-ethyl adjacent to an activating group) is 1. The van der Waals surface area contributed by atoms with Crippen LogP contribution >= 0.6 is 0 Å². The Morgan fingerprint density at radius 2 is 1.85 bits per heavy atom. The van der Waals surface area contributed by atoms with E-state index in [-0.39, 0.29) is 29.5 Å². The van der Waals surface area contributed by atoms with Crippen LogP contribution < -0.4 is 5.32 Å². The number of hydroxylamine groups is 2. The average molecular weight is 474 g/mol. The Bertz CT molecular complexity index is 1160. The highest BCUT2D eigenvalue weighted by molar-refractivity contribution is 5.94. The van der Waals surface area contributed by atoms with Gasteiger partial charge in [-0.3, -0.25) is 4.79 Å². The van der Waals surface area contributed by atoms with Crippen LogP contribution in [0.4, 0.5) is 13.2 Å². The van der Waals surface area contributed by atoms with E-state index in [1.807, 2.05) is 20.8 Å². The second-order valence-electron chi connectivity index (χ2n) is 8.00. The smallest absolute Gasteiger partial charge is 0.416 e. The average Bonchev–Trinajstić information content (AvgIpc) is 3.19. The Kier molecular flexibility index (Phi) is 7.42. The largest absolute Gasteiger partial charge is 0.508 e. The number of rotatable bonds is 5. The summed E-state index contributed by atoms with van der Waals surface area (Å²) in [5, 5.41) is 24.7. The molecule has 6 nitrogen and oxygen atoms in total. The van der Waals surface area contributed by atoms with Crippen molar-refractivity contribution in [3.05, 3.63) is 64.2 Å². The Hall–Kier alpha value is -3.64. The predicted octanol–water partition coefficient (Wildman–Crippen LogP) is 4.65. The van der Waals surface area contributed by atoms with E-state index in [0.29, 0.717) is 35.5 Å². The van der Waals surface area contributed by atoms with Crippen molar-refractivity contribution in [2.45, 2.75) is 32.9 Å². The maximum absolute atomic E-state index is 12.7. The van der Waals surface area contributed by atoms with Crippen LogP contribution in [0.25, 0.3) is 5.76 Å². The van der Waals surface area contributed by atoms with E-state index >= 15 is 0 Å². The van der Waals surface area contributed by atoms with Gasteiger partial charge in [0.05, 0.1) is 29.8 Å². The van der Waals surface area contributed by atoms with Crippen molar-refractivity contribution < 1.29 is 33.0 Å². The molecule has 0 atom stereocenters. The van der Waals surface area contributed by atoms with Gasteiger partial charge in [0.15, 0.2) is 5.76 Å². The number of halogens is 3. The molecule has 2 aromatic rings. The Morgan fingerprint density at radius 3 is 2.44 bits per heavy atom. The first-order valence-corrected chi connectivity index (χ1v) is 10.7. The van der Waals surface area contributed by atoms with Crippen LogP contribution in [0.3, 0.4) is 0 Å². The zero-order valence-corrected chi connectivity index (χ0v) is 19.0. The summed E-state index contributed by atoms with van der Waals surface area (Å²) in [4.78, 5) is 18.0. The monoisotopic (exact) mass is 474 g/mol. The number of alkyl halides is 3. The van der Waals surface area contributed by atoms with Gasteiger partial charge in [-0.05, 0) is 48.7 Å². The minimum atomic E-state index is -4.47. The van der Waals surface area contributed by atoms with Crippen LogP contribution in [0.2, 0.25) is 0 Å². The number of benzene rings is 2. The molecule has 3 rings (SSSR count). The number of nitrogens with one attached hydrogen (secondary N) is 1. The Morgan fingerprint density at radius 1 is 1.18 bits per heavy atom. The molecular formula is C25H25F3N2O4. The molecule has 1 aliphatic heterocycles. The maximum Gasteiger partial charge on any atom is 0.416 e. The minimum Gasteiger partial charge on any atom is -0.508 e. The number of aromatic hydroxyl groups is 2. The third-order valence-electron chi connectivity index (χ3n) is 5.24. The van der Waals surface area contributed by atoms with Crippen molar-refractivity contribution in [3.8, 4) is 23.3 Å². The molecule has 0 aromatic heterocycles. The first-order chi connectivity index (χ1) is 16.0. The molecule has 0 bridgehead atoms. The van der Waals surface area contributed by atoms with Crippen molar-refractivity contribution in [1.29, 1.82) is 0 Å². The number of hydrogen-bond acceptors (Lipinski definition) is 5. The van der Waals surface area contributed by atoms with Crippen LogP contribution in [0.5, 0.6) is 11.5 Å². The maximum atomic E-state index is 12.7. The molecule has 0 unspecified atom stereocenters. The molecular weight excluding hydrogens is 449 g/mol. The molecule has 34 heavy (non-hydrogen) atoms. The lowest BCUT2D eigenvalue weighted by Gasteiger charge is -2.16. The van der Waals surface area contributed by atoms with E-state index in [9.17, 15) is 28.2 Å². The standard InChI is InChI=1S/C25H25F3N2O4/c1-4-30-14-17(23(34-30)20-12-19(15(2)3)21(31)13-22(20)32)6-5-11-29-24(33)16-7-9-18(10-8-16)25(26,27)28/h7-10,12-13,15,31-32H,4,11,14H2,1-3H3,(H,29,33). The second kappa shape index (κ2) is 10.1. The molecule has 9 heteroatoms. The topological polar surface area (TPSA) is 82.0 Å². The fourth-order valence-electron chi connectivity index (χ4n) is 3.38. The van der Waals surface area contributed by atoms with Crippen LogP contribution in [-0.4, -0.2) is 40.8 Å². The zero-order chi connectivity index (χ0) is 25.0. The van der Waals surface area contributed by atoms with E-state index in [1.165, 1.54) is 6.07 Å². The number of phenols is 2. The van der Waals surface area contributed by atoms with Gasteiger partial charge in [-0.1, -0.05) is 25.7 Å². The summed E-state index contributed by atoms with van der Waals surface area (Å²) < 4.78 is 38.0. The highest BCUT2D eigenvalue weighted by Gasteiger charge is 2.30. The first kappa shape index (κ1) is 25.0. The van der Waals surface area contributed by atoms with Crippen LogP contribution in [0.15, 0.2) is 42.0 Å². The summed E-state index contributed by atoms with van der Waals surface area (Å²) in [7, 11) is 0. The fraction of sp³-hybridized carbons (Fsp3) is 0.320. The predicted molar refractivity (Wildman–Crippen MR) is 121 cm³/mol. The molecule has 0 saturated carbocycles. The van der Waals surface area contributed by atoms with Crippen molar-refractivity contribution in [2.75, 3.05) is 19.6 Å². The molecule has 3 N–H and O–H groups in total. The van der Waals surface area contributed by atoms with Gasteiger partial charge in [-0.2, -0.15) is 13.2 Å². The van der Waals surface area contributed by atoms with Gasteiger partial charge in [-0.25, -0.2) is 0 Å². The number of phenolic OH excluding ortho intramolecular Hbond substituents is 2. The minimum absolute atomic E-state index is 0.0126. The summed E-state index contributed by atoms with van der Waals surface area (Å²) in [6.07, 6.45) is -4.47. The molecule has 1 heterocycles. The molecule has 0 radical (unpaired) electrons. The Balaban J connectivity index is 1.77. The lowest BCUT2D eigenvalue weighted by Crippen LogP contribution is -2.23. The summed E-state index contributed by atoms with van der Waals surface area (Å²) in [5.74, 6) is 5.43. The lowest BCUT2D eigenvalue weighted by atomic mass is 9.97. The molecule has 0 aliphatic carbocycles. The van der Waals surface area contributed by atoms with Crippen molar-refractivity contribution in [2.24, 2.45) is 0 Å². The molecule has 0 saturated heterocycles. The third kappa shape index (κ3) is 5.64. The normalized spacial score (nSPS) is 14.1. The molecule has 0 fully saturated rings. The number of amides is 1. The van der Waals surface area contributed by atoms with Gasteiger partial charge in [0.2, 0.25) is 0 Å². The van der Waals surface area contributed by atoms with Crippen LogP contribution in [0, 0.1) is 11.8 Å². The van der Waals surface area contributed by atoms with E-state index in [0.717, 1.165) is 24.3 Å². The first-order valence-electron chi connectivity index (χ1n) is 10.7. The van der Waals surface area contributed by atoms with E-state index in [4.69, 9.17) is 4.84 Å². The van der Waals surface area contributed by atoms with E-state index < -0.39 is 17.6 Å². The summed E-state index contributed by atoms with van der Waals surface area (Å²) in [5.41, 5.74) is 0.890. The van der Waals surface area contributed by atoms with E-state index in [2.05, 4.69) is 17.2 Å². The third-order valence-corrected chi connectivity index (χ3v) is 5.24. The molecule has 2 aromatic carbocycles. The van der Waals surface area contributed by atoms with Gasteiger partial charge in [0.25, 0.3) is 5.91 Å². The SMILES string of the molecule is CCN1CC(C#CCNC(=O)c2ccc(C(F)(F)F)cc2)=C(c2cc(C(C)C)c(O)cc2O)O1. The van der Waals surface area contributed by atoms with Crippen molar-refractivity contribution in [3.63, 3.8) is 0 Å². The number of nitrogens with zero attached hydrogens (tertiary/aromatic N) is 1. The summed E-state index contributed by atoms with van der Waals surface area (Å²) in [6, 6.07) is 6.85. The van der Waals surface area contributed by atoms with Gasteiger partial charge in [0, 0.05) is 18.2 Å². The number of carbonyl (C=O) groups is 1. The molecule has 180 valence electrons. The molecule has 1 amide bonds. The fourth-order valence-corrected chi connectivity index (χ4v) is 3.38. The highest BCUT2D eigenvalue weighted by atomic mass is 19.4. The highest BCUT2D eigenvalue weighted by Crippen LogP contribution is 2.39. The summed E-state index contributed by atoms with van der Waals surface area (Å²) in [6.45, 7) is 6.62. The number of carbonyl (C=O) groups excluding carboxylic acids is 1. The van der Waals surface area contributed by atoms with Gasteiger partial charge >= 0.3 is 6.18 Å². The molecule has 0 spiro atoms. The number of hydrogen-bond donors (Lipinski definition) is 3. The van der Waals surface area contributed by atoms with E-state index in [1.54, 1.807) is 11.1 Å². The van der Waals surface area contributed by atoms with Gasteiger partial charge < -0.3 is 20.4 Å². The Labute approximate surface area is 195 Å². The lowest BCUT2D eigenvalue weighted by molar-refractivity contribution is -0.137.